The molecule has 2 heterocycles. The average molecular weight is 342 g/mol. The Morgan fingerprint density at radius 2 is 2.00 bits per heavy atom. The Labute approximate surface area is 151 Å². The molecule has 128 valence electrons. The number of benzene rings is 2. The first-order valence-corrected chi connectivity index (χ1v) is 8.77. The van der Waals surface area contributed by atoms with Gasteiger partial charge in [-0.2, -0.15) is 0 Å². The van der Waals surface area contributed by atoms with E-state index in [2.05, 4.69) is 45.9 Å². The van der Waals surface area contributed by atoms with Crippen LogP contribution in [0.4, 0.5) is 17.5 Å². The minimum atomic E-state index is 0.335. The fourth-order valence-electron chi connectivity index (χ4n) is 3.58. The van der Waals surface area contributed by atoms with Crippen LogP contribution in [0.3, 0.4) is 0 Å². The van der Waals surface area contributed by atoms with Gasteiger partial charge >= 0.3 is 0 Å². The lowest BCUT2D eigenvalue weighted by atomic mass is 10.1. The van der Waals surface area contributed by atoms with E-state index < -0.39 is 0 Å². The summed E-state index contributed by atoms with van der Waals surface area (Å²) in [6, 6.07) is 19.6. The van der Waals surface area contributed by atoms with E-state index >= 15 is 0 Å². The Kier molecular flexibility index (Phi) is 3.56. The van der Waals surface area contributed by atoms with Gasteiger partial charge in [0, 0.05) is 11.1 Å². The van der Waals surface area contributed by atoms with E-state index in [1.54, 1.807) is 12.5 Å². The van der Waals surface area contributed by atoms with E-state index in [9.17, 15) is 0 Å². The van der Waals surface area contributed by atoms with Gasteiger partial charge < -0.3 is 15.1 Å². The maximum absolute atomic E-state index is 5.22. The molecule has 0 radical (unpaired) electrons. The second-order valence-corrected chi connectivity index (χ2v) is 6.50. The van der Waals surface area contributed by atoms with Gasteiger partial charge in [0.1, 0.15) is 12.1 Å². The molecule has 2 aromatic carbocycles. The van der Waals surface area contributed by atoms with Crippen molar-refractivity contribution in [1.29, 1.82) is 0 Å². The molecule has 0 saturated heterocycles. The number of nitrogens with one attached hydrogen (secondary N) is 2. The summed E-state index contributed by atoms with van der Waals surface area (Å²) in [5.74, 6) is 0.910. The van der Waals surface area contributed by atoms with E-state index in [0.29, 0.717) is 12.1 Å². The van der Waals surface area contributed by atoms with Crippen LogP contribution in [0.2, 0.25) is 0 Å². The number of oxazole rings is 1. The predicted molar refractivity (Wildman–Crippen MR) is 103 cm³/mol. The average Bonchev–Trinajstić information content (AvgIpc) is 3.32. The van der Waals surface area contributed by atoms with E-state index in [-0.39, 0.29) is 0 Å². The maximum Gasteiger partial charge on any atom is 0.299 e. The Balaban J connectivity index is 1.38. The van der Waals surface area contributed by atoms with Crippen LogP contribution < -0.4 is 10.6 Å². The number of aromatic nitrogens is 2. The number of nitrogens with zero attached hydrogens (tertiary/aromatic N) is 2. The second-order valence-electron chi connectivity index (χ2n) is 6.50. The van der Waals surface area contributed by atoms with Gasteiger partial charge in [0.15, 0.2) is 0 Å². The number of pyridine rings is 1. The van der Waals surface area contributed by atoms with Gasteiger partial charge in [0.2, 0.25) is 0 Å². The summed E-state index contributed by atoms with van der Waals surface area (Å²) in [6.45, 7) is 0. The van der Waals surface area contributed by atoms with Crippen molar-refractivity contribution in [3.8, 4) is 0 Å². The highest BCUT2D eigenvalue weighted by Gasteiger charge is 2.21. The molecule has 0 amide bonds. The highest BCUT2D eigenvalue weighted by molar-refractivity contribution is 5.84. The quantitative estimate of drug-likeness (QED) is 0.542. The summed E-state index contributed by atoms with van der Waals surface area (Å²) in [5.41, 5.74) is 4.71. The van der Waals surface area contributed by atoms with Gasteiger partial charge in [0.25, 0.3) is 6.01 Å². The molecule has 0 bridgehead atoms. The summed E-state index contributed by atoms with van der Waals surface area (Å²) in [4.78, 5) is 8.85. The van der Waals surface area contributed by atoms with Crippen molar-refractivity contribution in [3.63, 3.8) is 0 Å². The third-order valence-corrected chi connectivity index (χ3v) is 4.83. The number of hydrogen-bond acceptors (Lipinski definition) is 5. The van der Waals surface area contributed by atoms with Crippen molar-refractivity contribution in [2.75, 3.05) is 10.6 Å². The summed E-state index contributed by atoms with van der Waals surface area (Å²) >= 11 is 0. The lowest BCUT2D eigenvalue weighted by Gasteiger charge is -2.15. The molecule has 0 unspecified atom stereocenters. The lowest BCUT2D eigenvalue weighted by Crippen LogP contribution is -2.08. The normalized spacial score (nSPS) is 15.8. The van der Waals surface area contributed by atoms with Gasteiger partial charge in [-0.15, -0.1) is 0 Å². The molecule has 0 fully saturated rings. The number of hydrogen-bond donors (Lipinski definition) is 2. The van der Waals surface area contributed by atoms with Crippen molar-refractivity contribution < 1.29 is 4.42 Å². The lowest BCUT2D eigenvalue weighted by molar-refractivity contribution is 0.578. The van der Waals surface area contributed by atoms with Crippen molar-refractivity contribution in [3.05, 3.63) is 78.2 Å². The number of aryl methyl sites for hydroxylation is 1. The fourth-order valence-corrected chi connectivity index (χ4v) is 3.58. The van der Waals surface area contributed by atoms with Crippen LogP contribution >= 0.6 is 0 Å². The Bertz CT molecular complexity index is 1060. The minimum Gasteiger partial charge on any atom is -0.432 e. The van der Waals surface area contributed by atoms with Crippen molar-refractivity contribution in [2.45, 2.75) is 18.9 Å². The molecule has 26 heavy (non-hydrogen) atoms. The van der Waals surface area contributed by atoms with Gasteiger partial charge in [-0.1, -0.05) is 24.3 Å². The SMILES string of the molecule is c1ccc2c(c1)CC[C@H]2Nc1ccc2cc(Nc3ncco3)ccc2n1. The van der Waals surface area contributed by atoms with Crippen LogP contribution in [0.1, 0.15) is 23.6 Å². The Morgan fingerprint density at radius 3 is 2.92 bits per heavy atom. The molecule has 5 nitrogen and oxygen atoms in total. The van der Waals surface area contributed by atoms with Gasteiger partial charge in [-0.25, -0.2) is 9.97 Å². The van der Waals surface area contributed by atoms with Crippen LogP contribution in [0.5, 0.6) is 0 Å². The number of fused-ring (bicyclic) bond motifs is 2. The first-order chi connectivity index (χ1) is 12.8. The molecular formula is C21H18N4O. The first-order valence-electron chi connectivity index (χ1n) is 8.77. The number of anilines is 3. The molecule has 0 spiro atoms. The van der Waals surface area contributed by atoms with Crippen LogP contribution in [-0.2, 0) is 6.42 Å². The Hall–Kier alpha value is -3.34. The number of rotatable bonds is 4. The largest absolute Gasteiger partial charge is 0.432 e. The monoisotopic (exact) mass is 342 g/mol. The maximum atomic E-state index is 5.22. The zero-order valence-electron chi connectivity index (χ0n) is 14.1. The third kappa shape index (κ3) is 2.77. The van der Waals surface area contributed by atoms with Crippen LogP contribution in [-0.4, -0.2) is 9.97 Å². The highest BCUT2D eigenvalue weighted by Crippen LogP contribution is 2.33. The highest BCUT2D eigenvalue weighted by atomic mass is 16.4. The molecule has 0 aliphatic heterocycles. The van der Waals surface area contributed by atoms with Gasteiger partial charge in [-0.05, 0) is 54.3 Å². The topological polar surface area (TPSA) is 63.0 Å². The molecule has 5 rings (SSSR count). The Morgan fingerprint density at radius 1 is 1.04 bits per heavy atom. The smallest absolute Gasteiger partial charge is 0.299 e. The van der Waals surface area contributed by atoms with Crippen molar-refractivity contribution in [1.82, 2.24) is 9.97 Å². The molecule has 1 aliphatic rings. The van der Waals surface area contributed by atoms with Gasteiger partial charge in [-0.3, -0.25) is 0 Å². The predicted octanol–water partition coefficient (Wildman–Crippen LogP) is 5.07. The molecule has 1 atom stereocenters. The van der Waals surface area contributed by atoms with Crippen molar-refractivity contribution >= 4 is 28.4 Å². The molecule has 0 saturated carbocycles. The molecule has 2 aromatic heterocycles. The molecule has 4 aromatic rings. The first kappa shape index (κ1) is 15.0. The van der Waals surface area contributed by atoms with Crippen LogP contribution in [0, 0.1) is 0 Å². The van der Waals surface area contributed by atoms with E-state index in [1.807, 2.05) is 24.3 Å². The van der Waals surface area contributed by atoms with Gasteiger partial charge in [0.05, 0.1) is 17.8 Å². The summed E-state index contributed by atoms with van der Waals surface area (Å²) in [6.07, 6.45) is 5.39. The zero-order valence-corrected chi connectivity index (χ0v) is 14.1. The summed E-state index contributed by atoms with van der Waals surface area (Å²) in [7, 11) is 0. The van der Waals surface area contributed by atoms with Crippen LogP contribution in [0.15, 0.2) is 71.5 Å². The zero-order chi connectivity index (χ0) is 17.3. The van der Waals surface area contributed by atoms with Crippen molar-refractivity contribution in [2.24, 2.45) is 0 Å². The fraction of sp³-hybridized carbons (Fsp3) is 0.143. The molecule has 2 N–H and O–H groups in total. The summed E-state index contributed by atoms with van der Waals surface area (Å²) in [5, 5.41) is 7.80. The van der Waals surface area contributed by atoms with E-state index in [0.717, 1.165) is 35.2 Å². The molecule has 5 heteroatoms. The summed E-state index contributed by atoms with van der Waals surface area (Å²) < 4.78 is 5.22. The van der Waals surface area contributed by atoms with Crippen LogP contribution in [0.25, 0.3) is 10.9 Å². The van der Waals surface area contributed by atoms with E-state index in [4.69, 9.17) is 9.40 Å². The second kappa shape index (κ2) is 6.19. The third-order valence-electron chi connectivity index (χ3n) is 4.83. The van der Waals surface area contributed by atoms with E-state index in [1.165, 1.54) is 11.1 Å². The standard InChI is InChI=1S/C21H18N4O/c1-2-4-17-14(3-1)5-8-19(17)25-20-10-6-15-13-16(7-9-18(15)24-20)23-21-22-11-12-26-21/h1-4,6-7,9-13,19H,5,8H2,(H,22,23)(H,24,25)/t19-/m1/s1. The molecule has 1 aliphatic carbocycles. The minimum absolute atomic E-state index is 0.335. The molecular weight excluding hydrogens is 324 g/mol.